The van der Waals surface area contributed by atoms with Gasteiger partial charge >= 0.3 is 11.9 Å². The van der Waals surface area contributed by atoms with Crippen LogP contribution in [0.4, 0.5) is 0 Å². The average molecular weight is 441 g/mol. The van der Waals surface area contributed by atoms with Crippen molar-refractivity contribution < 1.29 is 23.5 Å². The summed E-state index contributed by atoms with van der Waals surface area (Å²) in [6.45, 7) is 1.06. The minimum absolute atomic E-state index is 0.291. The second-order valence-corrected chi connectivity index (χ2v) is 8.04. The number of rotatable bonds is 6. The van der Waals surface area contributed by atoms with Gasteiger partial charge in [0.15, 0.2) is 0 Å². The van der Waals surface area contributed by atoms with Crippen LogP contribution in [0.2, 0.25) is 0 Å². The number of carbonyl (C=O) groups is 2. The van der Waals surface area contributed by atoms with Crippen LogP contribution in [-0.4, -0.2) is 24.5 Å². The van der Waals surface area contributed by atoms with Crippen LogP contribution < -0.4 is 10.1 Å². The van der Waals surface area contributed by atoms with Crippen molar-refractivity contribution in [2.24, 2.45) is 0 Å². The van der Waals surface area contributed by atoms with E-state index in [1.165, 1.54) is 0 Å². The normalized spacial score (nSPS) is 15.5. The molecule has 5 rings (SSSR count). The lowest BCUT2D eigenvalue weighted by atomic mass is 10.0. The van der Waals surface area contributed by atoms with Crippen LogP contribution in [0.5, 0.6) is 5.75 Å². The molecule has 3 aromatic carbocycles. The Morgan fingerprint density at radius 1 is 0.970 bits per heavy atom. The minimum Gasteiger partial charge on any atom is -0.489 e. The van der Waals surface area contributed by atoms with E-state index in [1.54, 1.807) is 24.5 Å². The number of furan rings is 1. The highest BCUT2D eigenvalue weighted by Crippen LogP contribution is 2.27. The number of ether oxygens (including phenoxy) is 2. The van der Waals surface area contributed by atoms with Crippen molar-refractivity contribution in [2.75, 3.05) is 6.54 Å². The monoisotopic (exact) mass is 441 g/mol. The van der Waals surface area contributed by atoms with Crippen LogP contribution in [-0.2, 0) is 16.1 Å². The van der Waals surface area contributed by atoms with Crippen LogP contribution in [0.15, 0.2) is 83.5 Å². The number of carbonyl (C=O) groups excluding carboxylic acids is 2. The Morgan fingerprint density at radius 3 is 2.64 bits per heavy atom. The molecule has 1 N–H and O–H groups in total. The molecule has 1 fully saturated rings. The van der Waals surface area contributed by atoms with Gasteiger partial charge in [0, 0.05) is 5.39 Å². The number of benzene rings is 3. The van der Waals surface area contributed by atoms with Crippen LogP contribution >= 0.6 is 0 Å². The molecule has 1 atom stereocenters. The highest BCUT2D eigenvalue weighted by atomic mass is 16.6. The molecular formula is C27H23NO5. The first-order valence-corrected chi connectivity index (χ1v) is 10.9. The summed E-state index contributed by atoms with van der Waals surface area (Å²) in [7, 11) is 0. The predicted molar refractivity (Wildman–Crippen MR) is 124 cm³/mol. The van der Waals surface area contributed by atoms with Crippen molar-refractivity contribution in [3.05, 3.63) is 90.2 Å². The highest BCUT2D eigenvalue weighted by Gasteiger charge is 2.26. The summed E-state index contributed by atoms with van der Waals surface area (Å²) in [5.41, 5.74) is 4.18. The molecule has 6 nitrogen and oxygen atoms in total. The minimum atomic E-state index is -0.644. The molecular weight excluding hydrogens is 418 g/mol. The van der Waals surface area contributed by atoms with Crippen molar-refractivity contribution in [3.8, 4) is 16.9 Å². The number of fused-ring (bicyclic) bond motifs is 1. The summed E-state index contributed by atoms with van der Waals surface area (Å²) in [5, 5.41) is 4.10. The molecule has 4 aromatic rings. The van der Waals surface area contributed by atoms with Crippen molar-refractivity contribution in [1.29, 1.82) is 0 Å². The first-order valence-electron chi connectivity index (χ1n) is 10.9. The van der Waals surface area contributed by atoms with Gasteiger partial charge in [-0.2, -0.15) is 0 Å². The van der Waals surface area contributed by atoms with Gasteiger partial charge in [-0.15, -0.1) is 0 Å². The van der Waals surface area contributed by atoms with E-state index in [4.69, 9.17) is 13.9 Å². The molecule has 0 spiro atoms. The van der Waals surface area contributed by atoms with E-state index in [1.807, 2.05) is 48.5 Å². The fraction of sp³-hybridized carbons (Fsp3) is 0.185. The summed E-state index contributed by atoms with van der Waals surface area (Å²) >= 11 is 0. The van der Waals surface area contributed by atoms with Gasteiger partial charge in [0.25, 0.3) is 0 Å². The van der Waals surface area contributed by atoms with Gasteiger partial charge in [-0.05, 0) is 78.5 Å². The second-order valence-electron chi connectivity index (χ2n) is 8.04. The quantitative estimate of drug-likeness (QED) is 0.331. The molecule has 0 aliphatic carbocycles. The Labute approximate surface area is 191 Å². The summed E-state index contributed by atoms with van der Waals surface area (Å²) in [6.07, 6.45) is 3.28. The zero-order valence-corrected chi connectivity index (χ0v) is 18.0. The third kappa shape index (κ3) is 4.81. The molecule has 0 amide bonds. The summed E-state index contributed by atoms with van der Waals surface area (Å²) in [4.78, 5) is 24.4. The molecule has 0 saturated carbocycles. The fourth-order valence-corrected chi connectivity index (χ4v) is 3.95. The van der Waals surface area contributed by atoms with E-state index in [2.05, 4.69) is 11.4 Å². The third-order valence-electron chi connectivity index (χ3n) is 5.75. The molecule has 2 heterocycles. The van der Waals surface area contributed by atoms with Crippen LogP contribution in [0.25, 0.3) is 22.1 Å². The van der Waals surface area contributed by atoms with Crippen LogP contribution in [0.1, 0.15) is 28.8 Å². The molecule has 1 aromatic heterocycles. The fourth-order valence-electron chi connectivity index (χ4n) is 3.95. The average Bonchev–Trinajstić information content (AvgIpc) is 3.55. The smallest absolute Gasteiger partial charge is 0.345 e. The van der Waals surface area contributed by atoms with E-state index < -0.39 is 18.0 Å². The molecule has 1 aliphatic heterocycles. The van der Waals surface area contributed by atoms with Gasteiger partial charge in [-0.3, -0.25) is 0 Å². The maximum atomic E-state index is 12.4. The Kier molecular flexibility index (Phi) is 5.91. The van der Waals surface area contributed by atoms with Gasteiger partial charge in [-0.25, -0.2) is 9.59 Å². The first kappa shape index (κ1) is 21.0. The zero-order valence-electron chi connectivity index (χ0n) is 18.0. The Balaban J connectivity index is 1.20. The van der Waals surface area contributed by atoms with E-state index in [-0.39, 0.29) is 0 Å². The number of hydrogen-bond donors (Lipinski definition) is 1. The van der Waals surface area contributed by atoms with E-state index in [9.17, 15) is 9.59 Å². The van der Waals surface area contributed by atoms with Gasteiger partial charge < -0.3 is 19.2 Å². The lowest BCUT2D eigenvalue weighted by Crippen LogP contribution is -2.33. The molecule has 1 saturated heterocycles. The summed E-state index contributed by atoms with van der Waals surface area (Å²) in [5.74, 6) is -0.445. The predicted octanol–water partition coefficient (Wildman–Crippen LogP) is 5.11. The standard InChI is InChI=1S/C27H23NO5/c29-26(33-27(30)24-5-2-13-28-24)22-4-1-3-18(15-22)17-32-23-9-6-19(7-10-23)20-8-11-25-21(16-20)12-14-31-25/h1,3-4,6-12,14-16,24,28H,2,5,13,17H2/t24-/m0/s1. The molecule has 6 heteroatoms. The lowest BCUT2D eigenvalue weighted by Gasteiger charge is -2.10. The van der Waals surface area contributed by atoms with Crippen molar-refractivity contribution >= 4 is 22.9 Å². The maximum absolute atomic E-state index is 12.4. The SMILES string of the molecule is O=C(OC(=O)[C@@H]1CCCN1)c1cccc(COc2ccc(-c3ccc4occc4c3)cc2)c1. The van der Waals surface area contributed by atoms with Gasteiger partial charge in [0.1, 0.15) is 24.0 Å². The summed E-state index contributed by atoms with van der Waals surface area (Å²) < 4.78 is 16.3. The van der Waals surface area contributed by atoms with Crippen LogP contribution in [0, 0.1) is 0 Å². The van der Waals surface area contributed by atoms with Gasteiger partial charge in [0.05, 0.1) is 11.8 Å². The number of nitrogens with one attached hydrogen (secondary N) is 1. The molecule has 0 unspecified atom stereocenters. The maximum Gasteiger partial charge on any atom is 0.345 e. The molecule has 0 bridgehead atoms. The van der Waals surface area contributed by atoms with E-state index in [0.717, 1.165) is 46.4 Å². The highest BCUT2D eigenvalue weighted by molar-refractivity contribution is 5.98. The molecule has 166 valence electrons. The lowest BCUT2D eigenvalue weighted by molar-refractivity contribution is -0.139. The topological polar surface area (TPSA) is 77.8 Å². The van der Waals surface area contributed by atoms with Crippen molar-refractivity contribution in [1.82, 2.24) is 5.32 Å². The Morgan fingerprint density at radius 2 is 1.82 bits per heavy atom. The number of hydrogen-bond acceptors (Lipinski definition) is 6. The Bertz CT molecular complexity index is 1290. The van der Waals surface area contributed by atoms with E-state index >= 15 is 0 Å². The second kappa shape index (κ2) is 9.30. The van der Waals surface area contributed by atoms with E-state index in [0.29, 0.717) is 18.6 Å². The largest absolute Gasteiger partial charge is 0.489 e. The zero-order chi connectivity index (χ0) is 22.6. The number of esters is 2. The van der Waals surface area contributed by atoms with Crippen molar-refractivity contribution in [2.45, 2.75) is 25.5 Å². The van der Waals surface area contributed by atoms with Crippen molar-refractivity contribution in [3.63, 3.8) is 0 Å². The van der Waals surface area contributed by atoms with Gasteiger partial charge in [-0.1, -0.05) is 30.3 Å². The van der Waals surface area contributed by atoms with Gasteiger partial charge in [0.2, 0.25) is 0 Å². The third-order valence-corrected chi connectivity index (χ3v) is 5.75. The first-order chi connectivity index (χ1) is 16.2. The molecule has 0 radical (unpaired) electrons. The van der Waals surface area contributed by atoms with Crippen LogP contribution in [0.3, 0.4) is 0 Å². The molecule has 1 aliphatic rings. The molecule has 33 heavy (non-hydrogen) atoms. The summed E-state index contributed by atoms with van der Waals surface area (Å²) in [6, 6.07) is 22.4. The Hall–Kier alpha value is -3.90.